The maximum absolute atomic E-state index is 5.88. The van der Waals surface area contributed by atoms with Crippen molar-refractivity contribution in [1.82, 2.24) is 10.3 Å². The molecule has 1 saturated heterocycles. The van der Waals surface area contributed by atoms with Crippen LogP contribution in [0.4, 0.5) is 0 Å². The molecule has 1 N–H and O–H groups in total. The van der Waals surface area contributed by atoms with Gasteiger partial charge < -0.3 is 10.1 Å². The molecule has 1 fully saturated rings. The molecular weight excluding hydrogens is 260 g/mol. The minimum atomic E-state index is 0.484. The molecule has 2 aliphatic rings. The first-order valence-electron chi connectivity index (χ1n) is 7.50. The van der Waals surface area contributed by atoms with E-state index in [2.05, 4.69) is 22.4 Å². The second-order valence-corrected chi connectivity index (χ2v) is 5.78. The number of benzene rings is 1. The van der Waals surface area contributed by atoms with Gasteiger partial charge in [-0.3, -0.25) is 4.98 Å². The fourth-order valence-electron chi connectivity index (χ4n) is 3.24. The van der Waals surface area contributed by atoms with Gasteiger partial charge in [0.2, 0.25) is 0 Å². The Balaban J connectivity index is 1.60. The molecule has 0 radical (unpaired) electrons. The largest absolute Gasteiger partial charge is 0.456 e. The number of nitrogens with zero attached hydrogens (tertiary/aromatic N) is 1. The summed E-state index contributed by atoms with van der Waals surface area (Å²) < 4.78 is 5.88. The van der Waals surface area contributed by atoms with E-state index in [0.29, 0.717) is 6.04 Å². The highest BCUT2D eigenvalue weighted by Crippen LogP contribution is 2.35. The molecule has 1 aromatic heterocycles. The van der Waals surface area contributed by atoms with Crippen LogP contribution in [0.5, 0.6) is 11.5 Å². The molecule has 1 aliphatic heterocycles. The third-order valence-corrected chi connectivity index (χ3v) is 4.29. The van der Waals surface area contributed by atoms with Crippen LogP contribution >= 0.6 is 0 Å². The van der Waals surface area contributed by atoms with E-state index in [1.165, 1.54) is 24.0 Å². The van der Waals surface area contributed by atoms with Crippen LogP contribution in [0.1, 0.15) is 18.4 Å². The van der Waals surface area contributed by atoms with Crippen molar-refractivity contribution in [3.63, 3.8) is 0 Å². The van der Waals surface area contributed by atoms with Crippen LogP contribution < -0.4 is 10.1 Å². The SMILES string of the molecule is C1=C(c2cncc(Oc3ccccc3)c2)C2CC(C1)CN2. The third kappa shape index (κ3) is 2.57. The summed E-state index contributed by atoms with van der Waals surface area (Å²) in [5.74, 6) is 2.45. The first-order chi connectivity index (χ1) is 10.4. The van der Waals surface area contributed by atoms with E-state index in [1.54, 1.807) is 6.20 Å². The molecule has 0 amide bonds. The molecule has 0 spiro atoms. The van der Waals surface area contributed by atoms with Crippen LogP contribution in [0.15, 0.2) is 54.9 Å². The summed E-state index contributed by atoms with van der Waals surface area (Å²) in [6.45, 7) is 1.14. The highest BCUT2D eigenvalue weighted by atomic mass is 16.5. The molecular formula is C18H18N2O. The van der Waals surface area contributed by atoms with Gasteiger partial charge in [-0.1, -0.05) is 24.3 Å². The van der Waals surface area contributed by atoms with E-state index in [0.717, 1.165) is 24.0 Å². The van der Waals surface area contributed by atoms with Crippen molar-refractivity contribution in [2.24, 2.45) is 5.92 Å². The lowest BCUT2D eigenvalue weighted by Gasteiger charge is -2.20. The van der Waals surface area contributed by atoms with Crippen LogP contribution in [-0.2, 0) is 0 Å². The Hall–Kier alpha value is -2.13. The highest BCUT2D eigenvalue weighted by molar-refractivity contribution is 5.71. The summed E-state index contributed by atoms with van der Waals surface area (Å²) in [7, 11) is 0. The number of fused-ring (bicyclic) bond motifs is 2. The summed E-state index contributed by atoms with van der Waals surface area (Å²) in [5.41, 5.74) is 2.54. The standard InChI is InChI=1S/C18H18N2O/c1-2-4-15(5-3-1)21-16-9-14(11-19-12-16)17-7-6-13-8-18(17)20-10-13/h1-5,7,9,11-13,18,20H,6,8,10H2. The Kier molecular flexibility index (Phi) is 3.20. The summed E-state index contributed by atoms with van der Waals surface area (Å²) in [6, 6.07) is 12.4. The van der Waals surface area contributed by atoms with Gasteiger partial charge in [0.25, 0.3) is 0 Å². The molecule has 2 heterocycles. The van der Waals surface area contributed by atoms with Crippen LogP contribution in [0, 0.1) is 5.92 Å². The van der Waals surface area contributed by atoms with E-state index in [-0.39, 0.29) is 0 Å². The average molecular weight is 278 g/mol. The number of aromatic nitrogens is 1. The maximum atomic E-state index is 5.88. The molecule has 3 heteroatoms. The van der Waals surface area contributed by atoms with Crippen molar-refractivity contribution < 1.29 is 4.74 Å². The van der Waals surface area contributed by atoms with E-state index in [1.807, 2.05) is 36.5 Å². The predicted octanol–water partition coefficient (Wildman–Crippen LogP) is 3.64. The van der Waals surface area contributed by atoms with E-state index < -0.39 is 0 Å². The van der Waals surface area contributed by atoms with Crippen LogP contribution in [-0.4, -0.2) is 17.6 Å². The molecule has 2 atom stereocenters. The summed E-state index contributed by atoms with van der Waals surface area (Å²) in [6.07, 6.45) is 8.48. The lowest BCUT2D eigenvalue weighted by atomic mass is 9.87. The fourth-order valence-corrected chi connectivity index (χ4v) is 3.24. The number of hydrogen-bond acceptors (Lipinski definition) is 3. The Labute approximate surface area is 124 Å². The lowest BCUT2D eigenvalue weighted by Crippen LogP contribution is -2.22. The zero-order chi connectivity index (χ0) is 14.1. The van der Waals surface area contributed by atoms with Crippen molar-refractivity contribution in [3.8, 4) is 11.5 Å². The van der Waals surface area contributed by atoms with Crippen molar-refractivity contribution in [2.45, 2.75) is 18.9 Å². The van der Waals surface area contributed by atoms with Crippen molar-refractivity contribution >= 4 is 5.57 Å². The topological polar surface area (TPSA) is 34.1 Å². The first-order valence-corrected chi connectivity index (χ1v) is 7.50. The maximum Gasteiger partial charge on any atom is 0.146 e. The zero-order valence-corrected chi connectivity index (χ0v) is 11.8. The summed E-state index contributed by atoms with van der Waals surface area (Å²) >= 11 is 0. The molecule has 2 bridgehead atoms. The second kappa shape index (κ2) is 5.34. The van der Waals surface area contributed by atoms with Crippen molar-refractivity contribution in [2.75, 3.05) is 6.54 Å². The number of rotatable bonds is 3. The highest BCUT2D eigenvalue weighted by Gasteiger charge is 2.30. The number of hydrogen-bond donors (Lipinski definition) is 1. The summed E-state index contributed by atoms with van der Waals surface area (Å²) in [4.78, 5) is 4.34. The number of nitrogens with one attached hydrogen (secondary N) is 1. The van der Waals surface area contributed by atoms with Crippen molar-refractivity contribution in [3.05, 3.63) is 60.4 Å². The lowest BCUT2D eigenvalue weighted by molar-refractivity contribution is 0.480. The normalized spacial score (nSPS) is 23.7. The Morgan fingerprint density at radius 2 is 2.00 bits per heavy atom. The first kappa shape index (κ1) is 12.6. The minimum Gasteiger partial charge on any atom is -0.456 e. The van der Waals surface area contributed by atoms with E-state index in [4.69, 9.17) is 4.74 Å². The number of pyridine rings is 1. The van der Waals surface area contributed by atoms with Gasteiger partial charge in [-0.15, -0.1) is 0 Å². The predicted molar refractivity (Wildman–Crippen MR) is 83.2 cm³/mol. The molecule has 106 valence electrons. The molecule has 2 aromatic rings. The molecule has 1 aliphatic carbocycles. The van der Waals surface area contributed by atoms with E-state index in [9.17, 15) is 0 Å². The van der Waals surface area contributed by atoms with Gasteiger partial charge in [0, 0.05) is 17.8 Å². The molecule has 2 unspecified atom stereocenters. The Bertz CT molecular complexity index is 666. The van der Waals surface area contributed by atoms with Gasteiger partial charge >= 0.3 is 0 Å². The van der Waals surface area contributed by atoms with Crippen LogP contribution in [0.2, 0.25) is 0 Å². The fraction of sp³-hybridized carbons (Fsp3) is 0.278. The number of allylic oxidation sites excluding steroid dienone is 1. The van der Waals surface area contributed by atoms with Gasteiger partial charge in [0.05, 0.1) is 6.20 Å². The summed E-state index contributed by atoms with van der Waals surface area (Å²) in [5, 5.41) is 3.60. The van der Waals surface area contributed by atoms with Crippen LogP contribution in [0.25, 0.3) is 5.57 Å². The third-order valence-electron chi connectivity index (χ3n) is 4.29. The van der Waals surface area contributed by atoms with Gasteiger partial charge in [0.15, 0.2) is 0 Å². The molecule has 21 heavy (non-hydrogen) atoms. The van der Waals surface area contributed by atoms with Gasteiger partial charge in [-0.2, -0.15) is 0 Å². The molecule has 1 aromatic carbocycles. The van der Waals surface area contributed by atoms with Gasteiger partial charge in [0.1, 0.15) is 11.5 Å². The zero-order valence-electron chi connectivity index (χ0n) is 11.8. The van der Waals surface area contributed by atoms with Crippen molar-refractivity contribution in [1.29, 1.82) is 0 Å². The quantitative estimate of drug-likeness (QED) is 0.930. The molecule has 0 saturated carbocycles. The Morgan fingerprint density at radius 3 is 2.90 bits per heavy atom. The second-order valence-electron chi connectivity index (χ2n) is 5.78. The van der Waals surface area contributed by atoms with E-state index >= 15 is 0 Å². The number of ether oxygens (including phenoxy) is 1. The smallest absolute Gasteiger partial charge is 0.146 e. The minimum absolute atomic E-state index is 0.484. The van der Waals surface area contributed by atoms with Gasteiger partial charge in [-0.25, -0.2) is 0 Å². The number of para-hydroxylation sites is 1. The Morgan fingerprint density at radius 1 is 1.10 bits per heavy atom. The van der Waals surface area contributed by atoms with Crippen LogP contribution in [0.3, 0.4) is 0 Å². The average Bonchev–Trinajstić information content (AvgIpc) is 2.90. The molecule has 4 rings (SSSR count). The monoisotopic (exact) mass is 278 g/mol. The molecule has 3 nitrogen and oxygen atoms in total. The van der Waals surface area contributed by atoms with Gasteiger partial charge in [-0.05, 0) is 49.1 Å².